The van der Waals surface area contributed by atoms with Crippen molar-refractivity contribution in [3.63, 3.8) is 0 Å². The third kappa shape index (κ3) is 31.4. The van der Waals surface area contributed by atoms with Crippen molar-refractivity contribution in [2.45, 2.75) is 52.7 Å². The molecule has 0 aliphatic heterocycles. The summed E-state index contributed by atoms with van der Waals surface area (Å²) >= 11 is 0. The van der Waals surface area contributed by atoms with E-state index in [4.69, 9.17) is 10.2 Å². The monoisotopic (exact) mass is 297 g/mol. The first kappa shape index (κ1) is 22.5. The van der Waals surface area contributed by atoms with Crippen LogP contribution in [0, 0.1) is 0 Å². The van der Waals surface area contributed by atoms with Crippen LogP contribution in [-0.4, -0.2) is 48.6 Å². The van der Waals surface area contributed by atoms with Gasteiger partial charge in [0.25, 0.3) is 0 Å². The van der Waals surface area contributed by atoms with Gasteiger partial charge in [0, 0.05) is 30.2 Å². The van der Waals surface area contributed by atoms with E-state index in [1.807, 2.05) is 0 Å². The molecule has 0 rings (SSSR count). The minimum Gasteiger partial charge on any atom is -0.392 e. The average molecular weight is 298 g/mol. The number of nitrogens with one attached hydrogen (secondary N) is 2. The van der Waals surface area contributed by atoms with Crippen LogP contribution < -0.4 is 10.6 Å². The van der Waals surface area contributed by atoms with Crippen molar-refractivity contribution in [3.05, 3.63) is 0 Å². The summed E-state index contributed by atoms with van der Waals surface area (Å²) in [5, 5.41) is 23.6. The van der Waals surface area contributed by atoms with Crippen LogP contribution in [0.4, 0.5) is 0 Å². The van der Waals surface area contributed by atoms with Crippen molar-refractivity contribution in [3.8, 4) is 0 Å². The van der Waals surface area contributed by atoms with Gasteiger partial charge in [-0.2, -0.15) is 0 Å². The van der Waals surface area contributed by atoms with Gasteiger partial charge in [0.1, 0.15) is 0 Å². The Hall–Kier alpha value is 0.359. The van der Waals surface area contributed by atoms with Crippen LogP contribution in [0.15, 0.2) is 0 Å². The van der Waals surface area contributed by atoms with Gasteiger partial charge in [-0.3, -0.25) is 0 Å². The van der Waals surface area contributed by atoms with Crippen molar-refractivity contribution >= 4 is 0 Å². The molecule has 0 spiro atoms. The van der Waals surface area contributed by atoms with Crippen molar-refractivity contribution in [1.29, 1.82) is 0 Å². The van der Waals surface area contributed by atoms with E-state index in [2.05, 4.69) is 24.5 Å². The smallest absolute Gasteiger partial charge is 0.0636 e. The molecular weight excluding hydrogens is 268 g/mol. The molecule has 0 saturated heterocycles. The van der Waals surface area contributed by atoms with Crippen LogP contribution >= 0.6 is 0 Å². The molecule has 0 amide bonds. The second kappa shape index (κ2) is 18.7. The Labute approximate surface area is 117 Å². The molecule has 17 heavy (non-hydrogen) atoms. The number of hydrogen-bond acceptors (Lipinski definition) is 4. The fourth-order valence-electron chi connectivity index (χ4n) is 0.975. The minimum absolute atomic E-state index is 0. The van der Waals surface area contributed by atoms with E-state index in [-0.39, 0.29) is 29.3 Å². The quantitative estimate of drug-likeness (QED) is 0.394. The van der Waals surface area contributed by atoms with E-state index < -0.39 is 0 Å². The zero-order valence-corrected chi connectivity index (χ0v) is 12.5. The summed E-state index contributed by atoms with van der Waals surface area (Å²) in [6.07, 6.45) is 1.85. The van der Waals surface area contributed by atoms with Crippen LogP contribution in [0.3, 0.4) is 0 Å². The van der Waals surface area contributed by atoms with E-state index in [1.165, 1.54) is 0 Å². The normalized spacial score (nSPS) is 13.1. The van der Waals surface area contributed by atoms with E-state index in [9.17, 15) is 0 Å². The van der Waals surface area contributed by atoms with Gasteiger partial charge >= 0.3 is 0 Å². The second-order valence-corrected chi connectivity index (χ2v) is 4.11. The molecule has 2 unspecified atom stereocenters. The Morgan fingerprint density at radius 3 is 1.29 bits per heavy atom. The molecule has 0 bridgehead atoms. The summed E-state index contributed by atoms with van der Waals surface area (Å²) in [5.74, 6) is 0. The van der Waals surface area contributed by atoms with Crippen molar-refractivity contribution in [1.82, 2.24) is 10.6 Å². The maximum atomic E-state index is 8.72. The summed E-state index contributed by atoms with van der Waals surface area (Å²) in [7, 11) is 0. The van der Waals surface area contributed by atoms with Crippen molar-refractivity contribution in [2.75, 3.05) is 26.2 Å². The van der Waals surface area contributed by atoms with Gasteiger partial charge in [-0.25, -0.2) is 0 Å². The van der Waals surface area contributed by atoms with Crippen LogP contribution in [0.1, 0.15) is 40.5 Å². The van der Waals surface area contributed by atoms with Gasteiger partial charge in [-0.1, -0.05) is 13.8 Å². The van der Waals surface area contributed by atoms with Gasteiger partial charge in [0.05, 0.1) is 12.2 Å². The molecule has 2 atom stereocenters. The molecule has 111 valence electrons. The van der Waals surface area contributed by atoms with Crippen molar-refractivity contribution in [2.24, 2.45) is 0 Å². The molecular formula is C12H30CuN2O2. The Morgan fingerprint density at radius 2 is 1.12 bits per heavy atom. The summed E-state index contributed by atoms with van der Waals surface area (Å²) < 4.78 is 0. The summed E-state index contributed by atoms with van der Waals surface area (Å²) in [4.78, 5) is 0. The Morgan fingerprint density at radius 1 is 0.824 bits per heavy atom. The number of hydrogen-bond donors (Lipinski definition) is 4. The third-order valence-electron chi connectivity index (χ3n) is 1.73. The fraction of sp³-hybridized carbons (Fsp3) is 1.00. The molecule has 0 heterocycles. The summed E-state index contributed by atoms with van der Waals surface area (Å²) in [5.41, 5.74) is 0. The first-order valence-electron chi connectivity index (χ1n) is 6.32. The number of rotatable bonds is 8. The predicted molar refractivity (Wildman–Crippen MR) is 69.7 cm³/mol. The molecule has 4 N–H and O–H groups in total. The zero-order chi connectivity index (χ0) is 12.8. The minimum atomic E-state index is -0.207. The van der Waals surface area contributed by atoms with E-state index in [1.54, 1.807) is 13.8 Å². The molecule has 0 aliphatic rings. The third-order valence-corrected chi connectivity index (χ3v) is 1.73. The van der Waals surface area contributed by atoms with Gasteiger partial charge in [0.2, 0.25) is 0 Å². The predicted octanol–water partition coefficient (Wildman–Crippen LogP) is 0.731. The van der Waals surface area contributed by atoms with E-state index in [0.29, 0.717) is 13.1 Å². The molecule has 5 heteroatoms. The summed E-state index contributed by atoms with van der Waals surface area (Å²) in [6.45, 7) is 11.2. The second-order valence-electron chi connectivity index (χ2n) is 4.11. The molecule has 0 aromatic carbocycles. The molecule has 0 fully saturated rings. The standard InChI is InChI=1S/2C6H15NO.Cu/c2*1-3-4-7-5-6(2)8;/h2*6-8H,3-5H2,1-2H3;. The molecule has 4 nitrogen and oxygen atoms in total. The topological polar surface area (TPSA) is 64.5 Å². The SMILES string of the molecule is CCCNCC(C)O.CCCNCC(C)O.[Cu]. The maximum absolute atomic E-state index is 8.72. The molecule has 0 saturated carbocycles. The first-order valence-corrected chi connectivity index (χ1v) is 6.32. The van der Waals surface area contributed by atoms with E-state index in [0.717, 1.165) is 25.9 Å². The van der Waals surface area contributed by atoms with Crippen LogP contribution in [0.25, 0.3) is 0 Å². The molecule has 1 radical (unpaired) electrons. The molecule has 0 aromatic heterocycles. The fourth-order valence-corrected chi connectivity index (χ4v) is 0.975. The van der Waals surface area contributed by atoms with Crippen LogP contribution in [0.5, 0.6) is 0 Å². The van der Waals surface area contributed by atoms with Gasteiger partial charge in [0.15, 0.2) is 0 Å². The Balaban J connectivity index is -0.000000218. The van der Waals surface area contributed by atoms with Gasteiger partial charge in [-0.05, 0) is 39.8 Å². The van der Waals surface area contributed by atoms with Gasteiger partial charge in [-0.15, -0.1) is 0 Å². The zero-order valence-electron chi connectivity index (χ0n) is 11.6. The van der Waals surface area contributed by atoms with E-state index >= 15 is 0 Å². The maximum Gasteiger partial charge on any atom is 0.0636 e. The summed E-state index contributed by atoms with van der Waals surface area (Å²) in [6, 6.07) is 0. The number of aliphatic hydroxyl groups excluding tert-OH is 2. The molecule has 0 aromatic rings. The number of aliphatic hydroxyl groups is 2. The van der Waals surface area contributed by atoms with Gasteiger partial charge < -0.3 is 20.8 Å². The Bertz CT molecular complexity index is 111. The van der Waals surface area contributed by atoms with Crippen molar-refractivity contribution < 1.29 is 27.3 Å². The van der Waals surface area contributed by atoms with Crippen LogP contribution in [0.2, 0.25) is 0 Å². The van der Waals surface area contributed by atoms with Crippen LogP contribution in [-0.2, 0) is 17.1 Å². The largest absolute Gasteiger partial charge is 0.392 e. The average Bonchev–Trinajstić information content (AvgIpc) is 2.18. The Kier molecular flexibility index (Phi) is 24.8. The molecule has 0 aliphatic carbocycles. The first-order chi connectivity index (χ1) is 7.54.